The standard InChI is InChI=1S/C10H16BrN3O2/c1-4-16-10(2,3)6-12-7-5-13-14-9(15)8(7)11/h5H,4,6H2,1-3H3,(H2,12,14,15). The van der Waals surface area contributed by atoms with Gasteiger partial charge in [0.25, 0.3) is 5.56 Å². The van der Waals surface area contributed by atoms with E-state index in [4.69, 9.17) is 4.74 Å². The Labute approximate surface area is 103 Å². The summed E-state index contributed by atoms with van der Waals surface area (Å²) >= 11 is 3.20. The Kier molecular flexibility index (Phi) is 4.49. The van der Waals surface area contributed by atoms with Gasteiger partial charge in [-0.05, 0) is 36.7 Å². The first kappa shape index (κ1) is 13.2. The molecule has 16 heavy (non-hydrogen) atoms. The minimum Gasteiger partial charge on any atom is -0.380 e. The number of halogens is 1. The Balaban J connectivity index is 2.68. The van der Waals surface area contributed by atoms with Gasteiger partial charge in [-0.1, -0.05) is 0 Å². The third kappa shape index (κ3) is 3.61. The number of nitrogens with zero attached hydrogens (tertiary/aromatic N) is 1. The van der Waals surface area contributed by atoms with Crippen molar-refractivity contribution >= 4 is 21.6 Å². The first-order chi connectivity index (χ1) is 7.46. The van der Waals surface area contributed by atoms with E-state index in [-0.39, 0.29) is 11.2 Å². The maximum atomic E-state index is 11.3. The molecule has 0 spiro atoms. The monoisotopic (exact) mass is 289 g/mol. The van der Waals surface area contributed by atoms with Crippen molar-refractivity contribution in [3.8, 4) is 0 Å². The Hall–Kier alpha value is -0.880. The molecule has 0 aliphatic heterocycles. The number of aromatic amines is 1. The first-order valence-corrected chi connectivity index (χ1v) is 5.86. The molecule has 0 bridgehead atoms. The molecular formula is C10H16BrN3O2. The Morgan fingerprint density at radius 2 is 2.31 bits per heavy atom. The first-order valence-electron chi connectivity index (χ1n) is 5.07. The second kappa shape index (κ2) is 5.45. The number of ether oxygens (including phenoxy) is 1. The van der Waals surface area contributed by atoms with Crippen molar-refractivity contribution in [2.45, 2.75) is 26.4 Å². The summed E-state index contributed by atoms with van der Waals surface area (Å²) in [5.74, 6) is 0. The molecule has 6 heteroatoms. The van der Waals surface area contributed by atoms with E-state index in [1.54, 1.807) is 6.20 Å². The van der Waals surface area contributed by atoms with Gasteiger partial charge < -0.3 is 10.1 Å². The molecule has 0 fully saturated rings. The lowest BCUT2D eigenvalue weighted by molar-refractivity contribution is 0.000683. The predicted octanol–water partition coefficient (Wildman–Crippen LogP) is 1.76. The minimum atomic E-state index is -0.281. The molecule has 1 aromatic rings. The summed E-state index contributed by atoms with van der Waals surface area (Å²) in [5, 5.41) is 9.18. The zero-order valence-corrected chi connectivity index (χ0v) is 11.2. The summed E-state index contributed by atoms with van der Waals surface area (Å²) in [7, 11) is 0. The van der Waals surface area contributed by atoms with Crippen molar-refractivity contribution < 1.29 is 4.74 Å². The van der Waals surface area contributed by atoms with Gasteiger partial charge in [0, 0.05) is 13.2 Å². The van der Waals surface area contributed by atoms with E-state index < -0.39 is 0 Å². The number of aromatic nitrogens is 2. The van der Waals surface area contributed by atoms with Gasteiger partial charge in [-0.15, -0.1) is 0 Å². The lowest BCUT2D eigenvalue weighted by Gasteiger charge is -2.25. The van der Waals surface area contributed by atoms with Gasteiger partial charge in [-0.2, -0.15) is 5.10 Å². The fourth-order valence-electron chi connectivity index (χ4n) is 1.26. The van der Waals surface area contributed by atoms with Gasteiger partial charge in [-0.3, -0.25) is 4.79 Å². The Bertz CT molecular complexity index is 403. The van der Waals surface area contributed by atoms with Crippen molar-refractivity contribution in [3.63, 3.8) is 0 Å². The highest BCUT2D eigenvalue weighted by Crippen LogP contribution is 2.17. The molecule has 1 aromatic heterocycles. The summed E-state index contributed by atoms with van der Waals surface area (Å²) in [4.78, 5) is 11.3. The number of rotatable bonds is 5. The molecule has 0 aromatic carbocycles. The molecular weight excluding hydrogens is 274 g/mol. The van der Waals surface area contributed by atoms with Crippen LogP contribution >= 0.6 is 15.9 Å². The predicted molar refractivity (Wildman–Crippen MR) is 66.8 cm³/mol. The topological polar surface area (TPSA) is 67.0 Å². The molecule has 5 nitrogen and oxygen atoms in total. The Morgan fingerprint density at radius 1 is 1.62 bits per heavy atom. The van der Waals surface area contributed by atoms with Crippen LogP contribution in [0.5, 0.6) is 0 Å². The molecule has 0 aliphatic carbocycles. The number of hydrogen-bond acceptors (Lipinski definition) is 4. The lowest BCUT2D eigenvalue weighted by atomic mass is 10.1. The third-order valence-electron chi connectivity index (χ3n) is 2.04. The molecule has 0 amide bonds. The molecule has 90 valence electrons. The molecule has 1 rings (SSSR count). The summed E-state index contributed by atoms with van der Waals surface area (Å²) in [6, 6.07) is 0. The summed E-state index contributed by atoms with van der Waals surface area (Å²) < 4.78 is 5.99. The van der Waals surface area contributed by atoms with E-state index in [0.717, 1.165) is 0 Å². The van der Waals surface area contributed by atoms with Crippen LogP contribution in [0, 0.1) is 0 Å². The highest BCUT2D eigenvalue weighted by Gasteiger charge is 2.17. The van der Waals surface area contributed by atoms with Gasteiger partial charge in [-0.25, -0.2) is 5.10 Å². The van der Waals surface area contributed by atoms with Crippen molar-refractivity contribution in [1.82, 2.24) is 10.2 Å². The normalized spacial score (nSPS) is 11.5. The van der Waals surface area contributed by atoms with E-state index in [1.807, 2.05) is 20.8 Å². The largest absolute Gasteiger partial charge is 0.380 e. The Morgan fingerprint density at radius 3 is 2.94 bits per heavy atom. The quantitative estimate of drug-likeness (QED) is 0.867. The van der Waals surface area contributed by atoms with Crippen molar-refractivity contribution in [3.05, 3.63) is 21.0 Å². The van der Waals surface area contributed by atoms with E-state index in [2.05, 4.69) is 31.4 Å². The number of nitrogens with one attached hydrogen (secondary N) is 2. The zero-order chi connectivity index (χ0) is 12.2. The van der Waals surface area contributed by atoms with Gasteiger partial charge in [0.15, 0.2) is 0 Å². The second-order valence-electron chi connectivity index (χ2n) is 3.97. The van der Waals surface area contributed by atoms with Crippen LogP contribution in [0.1, 0.15) is 20.8 Å². The van der Waals surface area contributed by atoms with Crippen LogP contribution in [0.4, 0.5) is 5.69 Å². The van der Waals surface area contributed by atoms with Crippen LogP contribution in [0.15, 0.2) is 15.5 Å². The minimum absolute atomic E-state index is 0.251. The van der Waals surface area contributed by atoms with Crippen molar-refractivity contribution in [1.29, 1.82) is 0 Å². The summed E-state index contributed by atoms with van der Waals surface area (Å²) in [6.45, 7) is 7.18. The van der Waals surface area contributed by atoms with Gasteiger partial charge in [0.1, 0.15) is 4.47 Å². The summed E-state index contributed by atoms with van der Waals surface area (Å²) in [5.41, 5.74) is 0.132. The fourth-order valence-corrected chi connectivity index (χ4v) is 1.59. The number of hydrogen-bond donors (Lipinski definition) is 2. The highest BCUT2D eigenvalue weighted by molar-refractivity contribution is 9.10. The van der Waals surface area contributed by atoms with E-state index >= 15 is 0 Å². The maximum absolute atomic E-state index is 11.3. The maximum Gasteiger partial charge on any atom is 0.280 e. The highest BCUT2D eigenvalue weighted by atomic mass is 79.9. The van der Waals surface area contributed by atoms with E-state index in [1.165, 1.54) is 0 Å². The van der Waals surface area contributed by atoms with E-state index in [9.17, 15) is 4.79 Å². The van der Waals surface area contributed by atoms with Gasteiger partial charge in [0.05, 0.1) is 17.5 Å². The van der Waals surface area contributed by atoms with Crippen LogP contribution in [0.2, 0.25) is 0 Å². The molecule has 2 N–H and O–H groups in total. The third-order valence-corrected chi connectivity index (χ3v) is 2.82. The van der Waals surface area contributed by atoms with Crippen LogP contribution in [0.25, 0.3) is 0 Å². The van der Waals surface area contributed by atoms with Crippen molar-refractivity contribution in [2.24, 2.45) is 0 Å². The SMILES string of the molecule is CCOC(C)(C)CNc1cn[nH]c(=O)c1Br. The molecule has 0 aliphatic rings. The zero-order valence-electron chi connectivity index (χ0n) is 9.63. The molecule has 0 saturated carbocycles. The molecule has 1 heterocycles. The van der Waals surface area contributed by atoms with Crippen LogP contribution in [-0.4, -0.2) is 29.0 Å². The molecule has 0 radical (unpaired) electrons. The van der Waals surface area contributed by atoms with Crippen molar-refractivity contribution in [2.75, 3.05) is 18.5 Å². The van der Waals surface area contributed by atoms with Gasteiger partial charge >= 0.3 is 0 Å². The number of H-pyrrole nitrogens is 1. The van der Waals surface area contributed by atoms with Gasteiger partial charge in [0.2, 0.25) is 0 Å². The fraction of sp³-hybridized carbons (Fsp3) is 0.600. The summed E-state index contributed by atoms with van der Waals surface area (Å²) in [6.07, 6.45) is 1.56. The molecule has 0 saturated heterocycles. The second-order valence-corrected chi connectivity index (χ2v) is 4.77. The molecule has 0 atom stereocenters. The lowest BCUT2D eigenvalue weighted by Crippen LogP contribution is -2.33. The van der Waals surface area contributed by atoms with Crippen LogP contribution < -0.4 is 10.9 Å². The molecule has 0 unspecified atom stereocenters. The smallest absolute Gasteiger partial charge is 0.280 e. The number of anilines is 1. The average molecular weight is 290 g/mol. The van der Waals surface area contributed by atoms with E-state index in [0.29, 0.717) is 23.3 Å². The van der Waals surface area contributed by atoms with Crippen LogP contribution in [-0.2, 0) is 4.74 Å². The van der Waals surface area contributed by atoms with Crippen LogP contribution in [0.3, 0.4) is 0 Å². The average Bonchev–Trinajstić information content (AvgIpc) is 2.20.